The summed E-state index contributed by atoms with van der Waals surface area (Å²) in [6.07, 6.45) is 1.63. The van der Waals surface area contributed by atoms with Crippen LogP contribution in [0.1, 0.15) is 5.56 Å². The number of hydrogen-bond donors (Lipinski definition) is 1. The van der Waals surface area contributed by atoms with Gasteiger partial charge in [-0.3, -0.25) is 14.9 Å². The molecule has 0 saturated heterocycles. The Labute approximate surface area is 116 Å². The molecule has 0 radical (unpaired) electrons. The first-order valence-corrected chi connectivity index (χ1v) is 6.15. The minimum Gasteiger partial charge on any atom is -0.393 e. The van der Waals surface area contributed by atoms with E-state index in [1.807, 2.05) is 0 Å². The van der Waals surface area contributed by atoms with Crippen molar-refractivity contribution in [1.82, 2.24) is 4.57 Å². The molecule has 0 bridgehead atoms. The molecule has 0 fully saturated rings. The first-order valence-electron chi connectivity index (χ1n) is 5.36. The van der Waals surface area contributed by atoms with Crippen LogP contribution in [-0.4, -0.2) is 9.49 Å². The summed E-state index contributed by atoms with van der Waals surface area (Å²) in [4.78, 5) is 21.9. The summed E-state index contributed by atoms with van der Waals surface area (Å²) in [5.41, 5.74) is 5.94. The van der Waals surface area contributed by atoms with Crippen molar-refractivity contribution in [2.24, 2.45) is 0 Å². The normalized spacial score (nSPS) is 10.4. The van der Waals surface area contributed by atoms with Crippen molar-refractivity contribution < 1.29 is 4.92 Å². The average Bonchev–Trinajstić information content (AvgIpc) is 2.36. The zero-order chi connectivity index (χ0) is 14.0. The topological polar surface area (TPSA) is 91.2 Å². The maximum Gasteiger partial charge on any atom is 0.292 e. The molecule has 0 aliphatic rings. The summed E-state index contributed by atoms with van der Waals surface area (Å²) in [6, 6.07) is 7.58. The van der Waals surface area contributed by atoms with Gasteiger partial charge >= 0.3 is 0 Å². The molecule has 0 atom stereocenters. The molecule has 2 aromatic rings. The van der Waals surface area contributed by atoms with Gasteiger partial charge in [0.15, 0.2) is 0 Å². The molecule has 2 rings (SSSR count). The Morgan fingerprint density at radius 2 is 2.05 bits per heavy atom. The van der Waals surface area contributed by atoms with Gasteiger partial charge in [0, 0.05) is 22.8 Å². The molecular weight excluding hydrogens is 314 g/mol. The highest BCUT2D eigenvalue weighted by atomic mass is 79.9. The number of anilines is 1. The number of benzene rings is 1. The molecule has 19 heavy (non-hydrogen) atoms. The number of aromatic nitrogens is 1. The average molecular weight is 324 g/mol. The van der Waals surface area contributed by atoms with Crippen LogP contribution in [0.2, 0.25) is 0 Å². The van der Waals surface area contributed by atoms with E-state index < -0.39 is 4.92 Å². The zero-order valence-electron chi connectivity index (χ0n) is 9.75. The number of pyridine rings is 1. The highest BCUT2D eigenvalue weighted by Gasteiger charge is 2.12. The van der Waals surface area contributed by atoms with E-state index in [0.717, 1.165) is 4.47 Å². The maximum atomic E-state index is 11.6. The van der Waals surface area contributed by atoms with Crippen LogP contribution >= 0.6 is 15.9 Å². The molecule has 0 amide bonds. The third kappa shape index (κ3) is 3.00. The molecule has 6 nitrogen and oxygen atoms in total. The number of hydrogen-bond acceptors (Lipinski definition) is 4. The predicted octanol–water partition coefficient (Wildman–Crippen LogP) is 2.15. The maximum absolute atomic E-state index is 11.6. The molecule has 0 aliphatic heterocycles. The van der Waals surface area contributed by atoms with E-state index in [4.69, 9.17) is 5.73 Å². The number of rotatable bonds is 3. The van der Waals surface area contributed by atoms with Crippen molar-refractivity contribution in [2.45, 2.75) is 6.54 Å². The van der Waals surface area contributed by atoms with E-state index in [2.05, 4.69) is 15.9 Å². The van der Waals surface area contributed by atoms with Crippen molar-refractivity contribution in [3.05, 3.63) is 67.0 Å². The fourth-order valence-corrected chi connectivity index (χ4v) is 2.05. The molecule has 0 saturated carbocycles. The standard InChI is InChI=1S/C12H10BrN3O3/c13-9-2-4-12(17)15(7-9)6-8-1-3-10(14)11(5-8)16(18)19/h1-5,7H,6,14H2. The lowest BCUT2D eigenvalue weighted by Crippen LogP contribution is -2.18. The van der Waals surface area contributed by atoms with Crippen LogP contribution in [0.3, 0.4) is 0 Å². The SMILES string of the molecule is Nc1ccc(Cn2cc(Br)ccc2=O)cc1[N+](=O)[O-]. The third-order valence-corrected chi connectivity index (χ3v) is 3.06. The summed E-state index contributed by atoms with van der Waals surface area (Å²) in [7, 11) is 0. The lowest BCUT2D eigenvalue weighted by Gasteiger charge is -2.07. The van der Waals surface area contributed by atoms with Gasteiger partial charge in [0.05, 0.1) is 11.5 Å². The van der Waals surface area contributed by atoms with Crippen molar-refractivity contribution in [3.63, 3.8) is 0 Å². The molecule has 0 aliphatic carbocycles. The second-order valence-electron chi connectivity index (χ2n) is 3.96. The minimum absolute atomic E-state index is 0.107. The molecule has 0 unspecified atom stereocenters. The van der Waals surface area contributed by atoms with Crippen LogP contribution < -0.4 is 11.3 Å². The van der Waals surface area contributed by atoms with Crippen molar-refractivity contribution in [2.75, 3.05) is 5.73 Å². The summed E-state index contributed by atoms with van der Waals surface area (Å²) < 4.78 is 2.22. The fraction of sp³-hybridized carbons (Fsp3) is 0.0833. The highest BCUT2D eigenvalue weighted by molar-refractivity contribution is 9.10. The summed E-state index contributed by atoms with van der Waals surface area (Å²) in [5, 5.41) is 10.8. The molecule has 1 heterocycles. The Balaban J connectivity index is 2.39. The second kappa shape index (κ2) is 5.23. The molecule has 7 heteroatoms. The van der Waals surface area contributed by atoms with Crippen LogP contribution in [0.4, 0.5) is 11.4 Å². The highest BCUT2D eigenvalue weighted by Crippen LogP contribution is 2.22. The van der Waals surface area contributed by atoms with Crippen LogP contribution in [0.25, 0.3) is 0 Å². The Morgan fingerprint density at radius 3 is 2.74 bits per heavy atom. The van der Waals surface area contributed by atoms with Gasteiger partial charge in [0.2, 0.25) is 0 Å². The lowest BCUT2D eigenvalue weighted by molar-refractivity contribution is -0.384. The summed E-state index contributed by atoms with van der Waals surface area (Å²) >= 11 is 3.27. The van der Waals surface area contributed by atoms with Crippen molar-refractivity contribution in [3.8, 4) is 0 Å². The smallest absolute Gasteiger partial charge is 0.292 e. The van der Waals surface area contributed by atoms with Gasteiger partial charge in [-0.15, -0.1) is 0 Å². The Hall–Kier alpha value is -2.15. The van der Waals surface area contributed by atoms with Gasteiger partial charge in [-0.05, 0) is 33.6 Å². The first-order chi connectivity index (χ1) is 8.97. The monoisotopic (exact) mass is 323 g/mol. The predicted molar refractivity (Wildman–Crippen MR) is 75.0 cm³/mol. The largest absolute Gasteiger partial charge is 0.393 e. The fourth-order valence-electron chi connectivity index (χ4n) is 1.67. The minimum atomic E-state index is -0.539. The van der Waals surface area contributed by atoms with Crippen LogP contribution in [0.15, 0.2) is 45.8 Å². The molecule has 2 N–H and O–H groups in total. The van der Waals surface area contributed by atoms with E-state index in [9.17, 15) is 14.9 Å². The second-order valence-corrected chi connectivity index (χ2v) is 4.88. The molecular formula is C12H10BrN3O3. The Morgan fingerprint density at radius 1 is 1.32 bits per heavy atom. The van der Waals surface area contributed by atoms with Gasteiger partial charge in [-0.2, -0.15) is 0 Å². The van der Waals surface area contributed by atoms with Crippen molar-refractivity contribution >= 4 is 27.3 Å². The quantitative estimate of drug-likeness (QED) is 0.532. The van der Waals surface area contributed by atoms with Crippen LogP contribution in [0.5, 0.6) is 0 Å². The van der Waals surface area contributed by atoms with E-state index in [1.54, 1.807) is 18.3 Å². The lowest BCUT2D eigenvalue weighted by atomic mass is 10.1. The van der Waals surface area contributed by atoms with Gasteiger partial charge in [-0.1, -0.05) is 6.07 Å². The first kappa shape index (κ1) is 13.3. The van der Waals surface area contributed by atoms with E-state index in [0.29, 0.717) is 5.56 Å². The zero-order valence-corrected chi connectivity index (χ0v) is 11.3. The Bertz CT molecular complexity index is 697. The van der Waals surface area contributed by atoms with Crippen LogP contribution in [-0.2, 0) is 6.54 Å². The number of nitro groups is 1. The molecule has 1 aromatic heterocycles. The summed E-state index contributed by atoms with van der Waals surface area (Å²) in [5.74, 6) is 0. The van der Waals surface area contributed by atoms with Gasteiger partial charge in [0.1, 0.15) is 5.69 Å². The number of nitrogens with zero attached hydrogens (tertiary/aromatic N) is 2. The number of nitrogens with two attached hydrogens (primary N) is 1. The van der Waals surface area contributed by atoms with E-state index >= 15 is 0 Å². The molecule has 98 valence electrons. The number of nitro benzene ring substituents is 1. The number of nitrogen functional groups attached to an aromatic ring is 1. The van der Waals surface area contributed by atoms with Crippen LogP contribution in [0, 0.1) is 10.1 Å². The molecule has 0 spiro atoms. The van der Waals surface area contributed by atoms with Gasteiger partial charge in [0.25, 0.3) is 11.2 Å². The van der Waals surface area contributed by atoms with E-state index in [-0.39, 0.29) is 23.5 Å². The summed E-state index contributed by atoms with van der Waals surface area (Å²) in [6.45, 7) is 0.249. The third-order valence-electron chi connectivity index (χ3n) is 2.59. The van der Waals surface area contributed by atoms with E-state index in [1.165, 1.54) is 22.8 Å². The Kier molecular flexibility index (Phi) is 3.66. The van der Waals surface area contributed by atoms with Crippen molar-refractivity contribution in [1.29, 1.82) is 0 Å². The number of halogens is 1. The molecule has 1 aromatic carbocycles. The van der Waals surface area contributed by atoms with Gasteiger partial charge in [-0.25, -0.2) is 0 Å². The van der Waals surface area contributed by atoms with Gasteiger partial charge < -0.3 is 10.3 Å².